The molecule has 4 rings (SSSR count). The number of aryl methyl sites for hydroxylation is 1. The fraction of sp³-hybridized carbons (Fsp3) is 0.333. The summed E-state index contributed by atoms with van der Waals surface area (Å²) in [6.07, 6.45) is 6.17. The number of carbonyl (C=O) groups excluding carboxylic acids is 2. The molecule has 0 radical (unpaired) electrons. The van der Waals surface area contributed by atoms with Crippen LogP contribution in [0.4, 0.5) is 5.69 Å². The van der Waals surface area contributed by atoms with Gasteiger partial charge >= 0.3 is 0 Å². The predicted molar refractivity (Wildman–Crippen MR) is 140 cm³/mol. The van der Waals surface area contributed by atoms with Crippen molar-refractivity contribution in [2.24, 2.45) is 5.92 Å². The van der Waals surface area contributed by atoms with Crippen molar-refractivity contribution in [2.75, 3.05) is 17.6 Å². The van der Waals surface area contributed by atoms with E-state index in [1.54, 1.807) is 37.3 Å². The average molecular weight is 491 g/mol. The van der Waals surface area contributed by atoms with Crippen molar-refractivity contribution < 1.29 is 9.59 Å². The van der Waals surface area contributed by atoms with Crippen LogP contribution in [0.15, 0.2) is 64.3 Å². The van der Waals surface area contributed by atoms with Gasteiger partial charge in [0.15, 0.2) is 0 Å². The third-order valence-electron chi connectivity index (χ3n) is 6.07. The molecule has 0 aliphatic heterocycles. The summed E-state index contributed by atoms with van der Waals surface area (Å²) < 4.78 is 0. The molecule has 1 saturated carbocycles. The maximum atomic E-state index is 13.1. The number of hydrogen-bond acceptors (Lipinski definition) is 5. The number of rotatable bonds is 8. The summed E-state index contributed by atoms with van der Waals surface area (Å²) in [5.41, 5.74) is 2.18. The van der Waals surface area contributed by atoms with Gasteiger partial charge in [-0.05, 0) is 49.9 Å². The first kappa shape index (κ1) is 24.7. The Morgan fingerprint density at radius 2 is 1.86 bits per heavy atom. The number of amides is 2. The van der Waals surface area contributed by atoms with Gasteiger partial charge in [-0.3, -0.25) is 14.4 Å². The van der Waals surface area contributed by atoms with Crippen LogP contribution in [-0.4, -0.2) is 34.1 Å². The van der Waals surface area contributed by atoms with Crippen LogP contribution < -0.4 is 16.2 Å². The van der Waals surface area contributed by atoms with Gasteiger partial charge < -0.3 is 15.6 Å². The SMILES string of the molecule is Cc1cc(=O)[nH]c(-c2cccc(NC(=O)c3ccccc3SCC(=O)NCC3CCCCC3)c2)n1. The van der Waals surface area contributed by atoms with Gasteiger partial charge in [0, 0.05) is 34.5 Å². The van der Waals surface area contributed by atoms with E-state index in [1.807, 2.05) is 18.2 Å². The lowest BCUT2D eigenvalue weighted by Gasteiger charge is -2.21. The first-order valence-corrected chi connectivity index (χ1v) is 12.9. The molecule has 2 aromatic carbocycles. The summed E-state index contributed by atoms with van der Waals surface area (Å²) in [5.74, 6) is 1.01. The number of nitrogens with one attached hydrogen (secondary N) is 3. The van der Waals surface area contributed by atoms with Gasteiger partial charge in [0.2, 0.25) is 5.91 Å². The third-order valence-corrected chi connectivity index (χ3v) is 7.14. The molecule has 3 N–H and O–H groups in total. The highest BCUT2D eigenvalue weighted by atomic mass is 32.2. The van der Waals surface area contributed by atoms with Gasteiger partial charge in [-0.15, -0.1) is 11.8 Å². The van der Waals surface area contributed by atoms with Crippen molar-refractivity contribution in [3.8, 4) is 11.4 Å². The van der Waals surface area contributed by atoms with Crippen LogP contribution in [0.3, 0.4) is 0 Å². The first-order chi connectivity index (χ1) is 17.0. The average Bonchev–Trinajstić information content (AvgIpc) is 2.86. The highest BCUT2D eigenvalue weighted by molar-refractivity contribution is 8.00. The normalized spacial score (nSPS) is 13.9. The van der Waals surface area contributed by atoms with Crippen molar-refractivity contribution in [2.45, 2.75) is 43.9 Å². The molecule has 2 amide bonds. The molecule has 1 aliphatic rings. The van der Waals surface area contributed by atoms with Crippen molar-refractivity contribution >= 4 is 29.3 Å². The lowest BCUT2D eigenvalue weighted by atomic mass is 9.89. The van der Waals surface area contributed by atoms with Gasteiger partial charge in [-0.25, -0.2) is 4.98 Å². The molecular formula is C27H30N4O3S. The zero-order valence-corrected chi connectivity index (χ0v) is 20.6. The van der Waals surface area contributed by atoms with Crippen LogP contribution in [0.25, 0.3) is 11.4 Å². The molecule has 0 saturated heterocycles. The molecule has 0 bridgehead atoms. The Kier molecular flexibility index (Phi) is 8.36. The monoisotopic (exact) mass is 490 g/mol. The Morgan fingerprint density at radius 3 is 2.66 bits per heavy atom. The zero-order chi connectivity index (χ0) is 24.6. The molecule has 1 heterocycles. The highest BCUT2D eigenvalue weighted by Gasteiger charge is 2.16. The molecule has 8 heteroatoms. The minimum atomic E-state index is -0.265. The molecule has 3 aromatic rings. The fourth-order valence-electron chi connectivity index (χ4n) is 4.28. The molecule has 1 fully saturated rings. The number of thioether (sulfide) groups is 1. The number of aromatic amines is 1. The number of nitrogens with zero attached hydrogens (tertiary/aromatic N) is 1. The highest BCUT2D eigenvalue weighted by Crippen LogP contribution is 2.26. The van der Waals surface area contributed by atoms with E-state index in [4.69, 9.17) is 0 Å². The van der Waals surface area contributed by atoms with E-state index >= 15 is 0 Å². The molecule has 0 spiro atoms. The maximum absolute atomic E-state index is 13.1. The quantitative estimate of drug-likeness (QED) is 0.394. The Labute approximate surface area is 209 Å². The standard InChI is InChI=1S/C27H30N4O3S/c1-18-14-24(32)31-26(29-18)20-10-7-11-21(15-20)30-27(34)22-12-5-6-13-23(22)35-17-25(33)28-16-19-8-3-2-4-9-19/h5-7,10-15,19H,2-4,8-9,16-17H2,1H3,(H,28,33)(H,30,34)(H,29,31,32). The van der Waals surface area contributed by atoms with Crippen LogP contribution >= 0.6 is 11.8 Å². The summed E-state index contributed by atoms with van der Waals surface area (Å²) >= 11 is 1.36. The van der Waals surface area contributed by atoms with E-state index in [1.165, 1.54) is 49.9 Å². The molecule has 1 aliphatic carbocycles. The van der Waals surface area contributed by atoms with Gasteiger partial charge in [-0.1, -0.05) is 43.5 Å². The van der Waals surface area contributed by atoms with E-state index in [9.17, 15) is 14.4 Å². The molecule has 182 valence electrons. The lowest BCUT2D eigenvalue weighted by Crippen LogP contribution is -2.31. The van der Waals surface area contributed by atoms with Gasteiger partial charge in [0.25, 0.3) is 11.5 Å². The molecular weight excluding hydrogens is 460 g/mol. The van der Waals surface area contributed by atoms with Crippen molar-refractivity contribution in [3.63, 3.8) is 0 Å². The fourth-order valence-corrected chi connectivity index (χ4v) is 5.16. The molecule has 0 atom stereocenters. The van der Waals surface area contributed by atoms with E-state index in [-0.39, 0.29) is 23.1 Å². The van der Waals surface area contributed by atoms with Crippen LogP contribution in [-0.2, 0) is 4.79 Å². The van der Waals surface area contributed by atoms with Gasteiger partial charge in [-0.2, -0.15) is 0 Å². The van der Waals surface area contributed by atoms with E-state index in [0.717, 1.165) is 11.4 Å². The van der Waals surface area contributed by atoms with Crippen LogP contribution in [0.1, 0.15) is 48.2 Å². The minimum absolute atomic E-state index is 0.0110. The van der Waals surface area contributed by atoms with E-state index in [2.05, 4.69) is 20.6 Å². The second kappa shape index (κ2) is 11.8. The first-order valence-electron chi connectivity index (χ1n) is 12.0. The molecule has 0 unspecified atom stereocenters. The van der Waals surface area contributed by atoms with Crippen LogP contribution in [0.5, 0.6) is 0 Å². The predicted octanol–water partition coefficient (Wildman–Crippen LogP) is 4.79. The lowest BCUT2D eigenvalue weighted by molar-refractivity contribution is -0.118. The van der Waals surface area contributed by atoms with Crippen LogP contribution in [0.2, 0.25) is 0 Å². The maximum Gasteiger partial charge on any atom is 0.256 e. The Hall–Kier alpha value is -3.39. The number of anilines is 1. The van der Waals surface area contributed by atoms with E-state index < -0.39 is 0 Å². The second-order valence-corrected chi connectivity index (χ2v) is 9.88. The minimum Gasteiger partial charge on any atom is -0.355 e. The number of H-pyrrole nitrogens is 1. The van der Waals surface area contributed by atoms with Gasteiger partial charge in [0.05, 0.1) is 11.3 Å². The largest absolute Gasteiger partial charge is 0.355 e. The number of carbonyl (C=O) groups is 2. The topological polar surface area (TPSA) is 104 Å². The van der Waals surface area contributed by atoms with Crippen LogP contribution in [0, 0.1) is 12.8 Å². The smallest absolute Gasteiger partial charge is 0.256 e. The Bertz CT molecular complexity index is 1250. The van der Waals surface area contributed by atoms with Crippen molar-refractivity contribution in [1.29, 1.82) is 0 Å². The summed E-state index contributed by atoms with van der Waals surface area (Å²) in [7, 11) is 0. The zero-order valence-electron chi connectivity index (χ0n) is 19.8. The van der Waals surface area contributed by atoms with E-state index in [0.29, 0.717) is 34.3 Å². The van der Waals surface area contributed by atoms with Gasteiger partial charge in [0.1, 0.15) is 5.82 Å². The number of benzene rings is 2. The second-order valence-electron chi connectivity index (χ2n) is 8.86. The summed E-state index contributed by atoms with van der Waals surface area (Å²) in [4.78, 5) is 45.1. The Balaban J connectivity index is 1.39. The summed E-state index contributed by atoms with van der Waals surface area (Å²) in [6.45, 7) is 2.49. The molecule has 35 heavy (non-hydrogen) atoms. The summed E-state index contributed by atoms with van der Waals surface area (Å²) in [5, 5.41) is 5.97. The Morgan fingerprint density at radius 1 is 1.06 bits per heavy atom. The summed E-state index contributed by atoms with van der Waals surface area (Å²) in [6, 6.07) is 15.9. The van der Waals surface area contributed by atoms with Crippen molar-refractivity contribution in [1.82, 2.24) is 15.3 Å². The molecule has 7 nitrogen and oxygen atoms in total. The molecule has 1 aromatic heterocycles. The number of hydrogen-bond donors (Lipinski definition) is 3. The van der Waals surface area contributed by atoms with Crippen molar-refractivity contribution in [3.05, 3.63) is 76.2 Å². The number of aromatic nitrogens is 2. The third kappa shape index (κ3) is 7.05.